The first-order valence-electron chi connectivity index (χ1n) is 11.5. The molecule has 4 aromatic rings. The molecule has 2 aliphatic rings. The number of benzene rings is 1. The Balaban J connectivity index is 1.41. The maximum Gasteiger partial charge on any atom is 0.182 e. The Labute approximate surface area is 194 Å². The SMILES string of the molecule is Cc1nc2nc([C@@H]3CCO[C@H](c4cn(C5CC5)nn4)C3)nc(-c3ccc(F)cc3F)c2nc1C. The molecule has 0 bridgehead atoms. The van der Waals surface area contributed by atoms with Crippen LogP contribution in [0.2, 0.25) is 0 Å². The van der Waals surface area contributed by atoms with Crippen LogP contribution in [0.25, 0.3) is 22.4 Å². The van der Waals surface area contributed by atoms with Crippen LogP contribution in [0.5, 0.6) is 0 Å². The number of halogens is 2. The molecular weight excluding hydrogens is 440 g/mol. The summed E-state index contributed by atoms with van der Waals surface area (Å²) in [6.45, 7) is 4.21. The van der Waals surface area contributed by atoms with Gasteiger partial charge in [-0.05, 0) is 51.7 Å². The lowest BCUT2D eigenvalue weighted by molar-refractivity contribution is 0.00141. The fourth-order valence-electron chi connectivity index (χ4n) is 4.37. The third kappa shape index (κ3) is 3.81. The van der Waals surface area contributed by atoms with E-state index in [1.165, 1.54) is 12.1 Å². The topological polar surface area (TPSA) is 91.5 Å². The Hall–Kier alpha value is -3.40. The van der Waals surface area contributed by atoms with Gasteiger partial charge in [0.15, 0.2) is 5.65 Å². The molecule has 10 heteroatoms. The van der Waals surface area contributed by atoms with Gasteiger partial charge in [0.2, 0.25) is 0 Å². The number of hydrogen-bond acceptors (Lipinski definition) is 7. The Bertz CT molecular complexity index is 1400. The van der Waals surface area contributed by atoms with Gasteiger partial charge >= 0.3 is 0 Å². The highest BCUT2D eigenvalue weighted by Crippen LogP contribution is 2.39. The molecule has 1 aliphatic carbocycles. The average Bonchev–Trinajstić information content (AvgIpc) is 3.56. The molecule has 8 nitrogen and oxygen atoms in total. The highest BCUT2D eigenvalue weighted by Gasteiger charge is 2.32. The van der Waals surface area contributed by atoms with Gasteiger partial charge in [-0.2, -0.15) is 0 Å². The van der Waals surface area contributed by atoms with E-state index in [0.717, 1.165) is 30.3 Å². The van der Waals surface area contributed by atoms with Crippen molar-refractivity contribution in [2.24, 2.45) is 0 Å². The minimum Gasteiger partial charge on any atom is -0.372 e. The second-order valence-electron chi connectivity index (χ2n) is 9.06. The van der Waals surface area contributed by atoms with Crippen LogP contribution in [0.3, 0.4) is 0 Å². The van der Waals surface area contributed by atoms with E-state index in [0.29, 0.717) is 53.9 Å². The molecule has 6 rings (SSSR count). The first kappa shape index (κ1) is 21.2. The molecule has 1 aromatic carbocycles. The highest BCUT2D eigenvalue weighted by atomic mass is 19.1. The number of ether oxygens (including phenoxy) is 1. The minimum absolute atomic E-state index is 0.0418. The van der Waals surface area contributed by atoms with E-state index < -0.39 is 11.6 Å². The minimum atomic E-state index is -0.701. The molecule has 4 heterocycles. The van der Waals surface area contributed by atoms with Crippen LogP contribution in [-0.2, 0) is 4.74 Å². The zero-order chi connectivity index (χ0) is 23.4. The van der Waals surface area contributed by atoms with Crippen molar-refractivity contribution in [2.75, 3.05) is 6.61 Å². The molecule has 174 valence electrons. The molecule has 1 saturated carbocycles. The van der Waals surface area contributed by atoms with Gasteiger partial charge in [-0.3, -0.25) is 0 Å². The van der Waals surface area contributed by atoms with Crippen LogP contribution in [-0.4, -0.2) is 41.5 Å². The molecule has 0 spiro atoms. The fourth-order valence-corrected chi connectivity index (χ4v) is 4.37. The molecule has 3 aromatic heterocycles. The van der Waals surface area contributed by atoms with Crippen molar-refractivity contribution in [3.05, 3.63) is 58.9 Å². The van der Waals surface area contributed by atoms with E-state index in [1.54, 1.807) is 0 Å². The lowest BCUT2D eigenvalue weighted by atomic mass is 9.93. The Morgan fingerprint density at radius 2 is 1.82 bits per heavy atom. The van der Waals surface area contributed by atoms with Crippen LogP contribution >= 0.6 is 0 Å². The van der Waals surface area contributed by atoms with Crippen LogP contribution in [0, 0.1) is 25.5 Å². The van der Waals surface area contributed by atoms with E-state index in [1.807, 2.05) is 24.7 Å². The maximum absolute atomic E-state index is 14.8. The van der Waals surface area contributed by atoms with Gasteiger partial charge in [-0.15, -0.1) is 5.10 Å². The van der Waals surface area contributed by atoms with E-state index in [9.17, 15) is 8.78 Å². The summed E-state index contributed by atoms with van der Waals surface area (Å²) in [7, 11) is 0. The fraction of sp³-hybridized carbons (Fsp3) is 0.417. The third-order valence-corrected chi connectivity index (χ3v) is 6.57. The Morgan fingerprint density at radius 1 is 1.00 bits per heavy atom. The smallest absolute Gasteiger partial charge is 0.182 e. The summed E-state index contributed by atoms with van der Waals surface area (Å²) < 4.78 is 36.3. The van der Waals surface area contributed by atoms with Crippen LogP contribution in [0.15, 0.2) is 24.4 Å². The lowest BCUT2D eigenvalue weighted by Gasteiger charge is -2.27. The maximum atomic E-state index is 14.8. The number of nitrogens with zero attached hydrogens (tertiary/aromatic N) is 7. The normalized spacial score (nSPS) is 20.7. The van der Waals surface area contributed by atoms with Gasteiger partial charge in [0.1, 0.15) is 40.5 Å². The van der Waals surface area contributed by atoms with Crippen molar-refractivity contribution in [3.63, 3.8) is 0 Å². The molecular formula is C24H23F2N7O. The van der Waals surface area contributed by atoms with Crippen LogP contribution in [0.1, 0.15) is 66.7 Å². The Morgan fingerprint density at radius 3 is 2.62 bits per heavy atom. The van der Waals surface area contributed by atoms with E-state index in [4.69, 9.17) is 14.7 Å². The van der Waals surface area contributed by atoms with Crippen molar-refractivity contribution in [3.8, 4) is 11.3 Å². The quantitative estimate of drug-likeness (QED) is 0.439. The van der Waals surface area contributed by atoms with Gasteiger partial charge in [-0.25, -0.2) is 33.4 Å². The average molecular weight is 463 g/mol. The van der Waals surface area contributed by atoms with Gasteiger partial charge in [0.25, 0.3) is 0 Å². The first-order valence-corrected chi connectivity index (χ1v) is 11.5. The predicted molar refractivity (Wildman–Crippen MR) is 119 cm³/mol. The predicted octanol–water partition coefficient (Wildman–Crippen LogP) is 4.54. The third-order valence-electron chi connectivity index (χ3n) is 6.57. The monoisotopic (exact) mass is 463 g/mol. The van der Waals surface area contributed by atoms with E-state index in [2.05, 4.69) is 20.3 Å². The van der Waals surface area contributed by atoms with Crippen molar-refractivity contribution in [1.29, 1.82) is 0 Å². The molecule has 2 atom stereocenters. The van der Waals surface area contributed by atoms with E-state index >= 15 is 0 Å². The summed E-state index contributed by atoms with van der Waals surface area (Å²) in [6, 6.07) is 3.90. The van der Waals surface area contributed by atoms with Crippen LogP contribution < -0.4 is 0 Å². The Kier molecular flexibility index (Phi) is 5.05. The molecule has 34 heavy (non-hydrogen) atoms. The largest absolute Gasteiger partial charge is 0.372 e. The molecule has 1 aliphatic heterocycles. The van der Waals surface area contributed by atoms with Crippen molar-refractivity contribution >= 4 is 11.2 Å². The first-order chi connectivity index (χ1) is 16.5. The van der Waals surface area contributed by atoms with Crippen molar-refractivity contribution < 1.29 is 13.5 Å². The van der Waals surface area contributed by atoms with Gasteiger partial charge < -0.3 is 4.74 Å². The summed E-state index contributed by atoms with van der Waals surface area (Å²) in [5.41, 5.74) is 3.53. The summed E-state index contributed by atoms with van der Waals surface area (Å²) >= 11 is 0. The number of aromatic nitrogens is 7. The van der Waals surface area contributed by atoms with Gasteiger partial charge in [0, 0.05) is 24.2 Å². The molecule has 0 N–H and O–H groups in total. The number of aryl methyl sites for hydroxylation is 2. The second-order valence-corrected chi connectivity index (χ2v) is 9.06. The molecule has 0 radical (unpaired) electrons. The van der Waals surface area contributed by atoms with Crippen LogP contribution in [0.4, 0.5) is 8.78 Å². The highest BCUT2D eigenvalue weighted by molar-refractivity contribution is 5.87. The summed E-state index contributed by atoms with van der Waals surface area (Å²) in [6.07, 6.45) is 5.33. The summed E-state index contributed by atoms with van der Waals surface area (Å²) in [5.74, 6) is -0.844. The summed E-state index contributed by atoms with van der Waals surface area (Å²) in [4.78, 5) is 18.7. The summed E-state index contributed by atoms with van der Waals surface area (Å²) in [5, 5.41) is 8.57. The number of fused-ring (bicyclic) bond motifs is 1. The molecule has 1 saturated heterocycles. The molecule has 2 fully saturated rings. The molecule has 0 unspecified atom stereocenters. The van der Waals surface area contributed by atoms with Gasteiger partial charge in [-0.1, -0.05) is 5.21 Å². The zero-order valence-corrected chi connectivity index (χ0v) is 18.9. The van der Waals surface area contributed by atoms with Crippen molar-refractivity contribution in [1.82, 2.24) is 34.9 Å². The van der Waals surface area contributed by atoms with Gasteiger partial charge in [0.05, 0.1) is 23.6 Å². The molecule has 0 amide bonds. The second kappa shape index (κ2) is 8.12. The number of hydrogen-bond donors (Lipinski definition) is 0. The number of rotatable bonds is 4. The zero-order valence-electron chi connectivity index (χ0n) is 18.9. The lowest BCUT2D eigenvalue weighted by Crippen LogP contribution is -2.21. The van der Waals surface area contributed by atoms with E-state index in [-0.39, 0.29) is 17.6 Å². The van der Waals surface area contributed by atoms with Crippen molar-refractivity contribution in [2.45, 2.75) is 57.6 Å². The standard InChI is InChI=1S/C24H23F2N7O/c1-12-13(2)28-24-22(27-12)21(17-6-3-15(25)10-18(17)26)29-23(30-24)14-7-8-34-20(9-14)19-11-33(32-31-19)16-4-5-16/h3,6,10-11,14,16,20H,4-5,7-9H2,1-2H3/t14-,20+/m1/s1.